The maximum Gasteiger partial charge on any atom is 0.253 e. The summed E-state index contributed by atoms with van der Waals surface area (Å²) in [5, 5.41) is 3.48. The number of rotatable bonds is 7. The molecule has 33 heavy (non-hydrogen) atoms. The van der Waals surface area contributed by atoms with Crippen molar-refractivity contribution in [3.63, 3.8) is 0 Å². The number of nitrogens with zero attached hydrogens (tertiary/aromatic N) is 3. The molecule has 2 aromatic rings. The van der Waals surface area contributed by atoms with E-state index in [0.29, 0.717) is 11.5 Å². The second-order valence-corrected chi connectivity index (χ2v) is 8.20. The molecule has 1 aliphatic rings. The number of aliphatic imine (C=N–C) groups is 1. The number of amides is 1. The Morgan fingerprint density at radius 3 is 2.45 bits per heavy atom. The van der Waals surface area contributed by atoms with Crippen molar-refractivity contribution < 1.29 is 14.3 Å². The van der Waals surface area contributed by atoms with Crippen LogP contribution in [0, 0.1) is 0 Å². The number of guanidine groups is 1. The Balaban J connectivity index is 0.00000385. The summed E-state index contributed by atoms with van der Waals surface area (Å²) >= 11 is 0. The highest BCUT2D eigenvalue weighted by molar-refractivity contribution is 14.0. The monoisotopic (exact) mass is 566 g/mol. The van der Waals surface area contributed by atoms with Gasteiger partial charge in [0, 0.05) is 58.3 Å². The molecular weight excluding hydrogens is 531 g/mol. The van der Waals surface area contributed by atoms with Crippen molar-refractivity contribution in [2.75, 3.05) is 55.0 Å². The molecule has 180 valence electrons. The topological polar surface area (TPSA) is 66.4 Å². The number of halogens is 1. The van der Waals surface area contributed by atoms with Crippen molar-refractivity contribution in [3.8, 4) is 11.5 Å². The van der Waals surface area contributed by atoms with Crippen molar-refractivity contribution >= 4 is 35.8 Å². The fourth-order valence-electron chi connectivity index (χ4n) is 4.06. The van der Waals surface area contributed by atoms with Crippen LogP contribution < -0.4 is 14.8 Å². The number of benzene rings is 2. The number of hydrogen-bond donors (Lipinski definition) is 1. The maximum atomic E-state index is 12.2. The van der Waals surface area contributed by atoms with Crippen LogP contribution in [0.5, 0.6) is 11.5 Å². The summed E-state index contributed by atoms with van der Waals surface area (Å²) in [5.41, 5.74) is 3.07. The maximum absolute atomic E-state index is 12.2. The minimum Gasteiger partial charge on any atom is -0.497 e. The van der Waals surface area contributed by atoms with Crippen molar-refractivity contribution in [1.29, 1.82) is 0 Å². The van der Waals surface area contributed by atoms with Crippen LogP contribution in [-0.2, 0) is 6.42 Å². The van der Waals surface area contributed by atoms with E-state index in [1.165, 1.54) is 5.56 Å². The van der Waals surface area contributed by atoms with Gasteiger partial charge in [-0.3, -0.25) is 9.79 Å². The number of carbonyl (C=O) groups excluding carboxylic acids is 1. The lowest BCUT2D eigenvalue weighted by molar-refractivity contribution is 0.0827. The molecule has 3 rings (SSSR count). The second kappa shape index (κ2) is 12.7. The first kappa shape index (κ1) is 26.8. The lowest BCUT2D eigenvalue weighted by atomic mass is 9.98. The van der Waals surface area contributed by atoms with Crippen LogP contribution in [0.15, 0.2) is 47.5 Å². The standard InChI is InChI=1S/C25H34N4O3.HI/c1-26-25(27-11-9-18-7-6-8-19(13-18)24(30)28(2)3)29-12-10-20(17-29)21-14-22(31-4)16-23(15-21)32-5;/h6-8,13-16,20H,9-12,17H2,1-5H3,(H,26,27);1H. The van der Waals surface area contributed by atoms with E-state index < -0.39 is 0 Å². The zero-order valence-corrected chi connectivity index (χ0v) is 22.5. The molecule has 1 unspecified atom stereocenters. The molecule has 7 nitrogen and oxygen atoms in total. The minimum atomic E-state index is 0. The van der Waals surface area contributed by atoms with E-state index in [1.54, 1.807) is 33.2 Å². The van der Waals surface area contributed by atoms with Gasteiger partial charge in [-0.1, -0.05) is 12.1 Å². The summed E-state index contributed by atoms with van der Waals surface area (Å²) < 4.78 is 10.9. The zero-order valence-electron chi connectivity index (χ0n) is 20.1. The van der Waals surface area contributed by atoms with Crippen LogP contribution in [0.2, 0.25) is 0 Å². The van der Waals surface area contributed by atoms with Gasteiger partial charge in [0.05, 0.1) is 14.2 Å². The molecule has 1 atom stereocenters. The van der Waals surface area contributed by atoms with Gasteiger partial charge in [0.25, 0.3) is 5.91 Å². The molecule has 1 aliphatic heterocycles. The Kier molecular flexibility index (Phi) is 10.3. The SMILES string of the molecule is CN=C(NCCc1cccc(C(=O)N(C)C)c1)N1CCC(c2cc(OC)cc(OC)c2)C1.I. The molecule has 0 spiro atoms. The predicted molar refractivity (Wildman–Crippen MR) is 143 cm³/mol. The molecule has 8 heteroatoms. The van der Waals surface area contributed by atoms with Crippen molar-refractivity contribution in [3.05, 3.63) is 59.2 Å². The highest BCUT2D eigenvalue weighted by Crippen LogP contribution is 2.32. The summed E-state index contributed by atoms with van der Waals surface area (Å²) in [5.74, 6) is 2.95. The molecule has 1 N–H and O–H groups in total. The molecule has 2 aromatic carbocycles. The van der Waals surface area contributed by atoms with Crippen LogP contribution in [0.1, 0.15) is 33.8 Å². The lowest BCUT2D eigenvalue weighted by Gasteiger charge is -2.22. The molecule has 0 aliphatic carbocycles. The van der Waals surface area contributed by atoms with Crippen LogP contribution in [0.25, 0.3) is 0 Å². The van der Waals surface area contributed by atoms with Crippen LogP contribution >= 0.6 is 24.0 Å². The van der Waals surface area contributed by atoms with Gasteiger partial charge in [0.1, 0.15) is 11.5 Å². The molecule has 1 saturated heterocycles. The molecule has 0 bridgehead atoms. The van der Waals surface area contributed by atoms with Gasteiger partial charge in [-0.25, -0.2) is 0 Å². The van der Waals surface area contributed by atoms with Gasteiger partial charge < -0.3 is 24.6 Å². The van der Waals surface area contributed by atoms with E-state index in [4.69, 9.17) is 9.47 Å². The van der Waals surface area contributed by atoms with Crippen molar-refractivity contribution in [2.24, 2.45) is 4.99 Å². The number of methoxy groups -OCH3 is 2. The van der Waals surface area contributed by atoms with E-state index in [0.717, 1.165) is 55.5 Å². The quantitative estimate of drug-likeness (QED) is 0.315. The molecule has 0 aromatic heterocycles. The van der Waals surface area contributed by atoms with Crippen molar-refractivity contribution in [1.82, 2.24) is 15.1 Å². The average Bonchev–Trinajstić information content (AvgIpc) is 3.31. The first-order valence-corrected chi connectivity index (χ1v) is 10.9. The van der Waals surface area contributed by atoms with Gasteiger partial charge in [-0.2, -0.15) is 0 Å². The number of likely N-dealkylation sites (tertiary alicyclic amines) is 1. The third-order valence-corrected chi connectivity index (χ3v) is 5.82. The van der Waals surface area contributed by atoms with Crippen LogP contribution in [-0.4, -0.2) is 76.7 Å². The molecule has 1 heterocycles. The Labute approximate surface area is 214 Å². The van der Waals surface area contributed by atoms with E-state index in [9.17, 15) is 4.79 Å². The average molecular weight is 566 g/mol. The summed E-state index contributed by atoms with van der Waals surface area (Å²) in [6.45, 7) is 2.58. The lowest BCUT2D eigenvalue weighted by Crippen LogP contribution is -2.40. The molecule has 0 saturated carbocycles. The third kappa shape index (κ3) is 6.99. The molecule has 1 fully saturated rings. The van der Waals surface area contributed by atoms with E-state index in [2.05, 4.69) is 33.4 Å². The summed E-state index contributed by atoms with van der Waals surface area (Å²) in [6.07, 6.45) is 1.86. The van der Waals surface area contributed by atoms with E-state index in [1.807, 2.05) is 31.3 Å². The van der Waals surface area contributed by atoms with E-state index >= 15 is 0 Å². The summed E-state index contributed by atoms with van der Waals surface area (Å²) in [4.78, 5) is 20.6. The first-order valence-electron chi connectivity index (χ1n) is 10.9. The van der Waals surface area contributed by atoms with Gasteiger partial charge in [-0.05, 0) is 48.2 Å². The van der Waals surface area contributed by atoms with Crippen LogP contribution in [0.3, 0.4) is 0 Å². The van der Waals surface area contributed by atoms with E-state index in [-0.39, 0.29) is 29.9 Å². The largest absolute Gasteiger partial charge is 0.497 e. The fourth-order valence-corrected chi connectivity index (χ4v) is 4.06. The number of nitrogens with one attached hydrogen (secondary N) is 1. The second-order valence-electron chi connectivity index (χ2n) is 8.20. The Bertz CT molecular complexity index is 942. The van der Waals surface area contributed by atoms with Gasteiger partial charge >= 0.3 is 0 Å². The van der Waals surface area contributed by atoms with Gasteiger partial charge in [0.15, 0.2) is 5.96 Å². The Morgan fingerprint density at radius 1 is 1.15 bits per heavy atom. The minimum absolute atomic E-state index is 0. The number of hydrogen-bond acceptors (Lipinski definition) is 4. The smallest absolute Gasteiger partial charge is 0.253 e. The van der Waals surface area contributed by atoms with Gasteiger partial charge in [0.2, 0.25) is 0 Å². The summed E-state index contributed by atoms with van der Waals surface area (Å²) in [7, 11) is 8.71. The van der Waals surface area contributed by atoms with Crippen LogP contribution in [0.4, 0.5) is 0 Å². The molecule has 0 radical (unpaired) electrons. The molecular formula is C25H35IN4O3. The molecule has 1 amide bonds. The normalized spacial score (nSPS) is 15.6. The highest BCUT2D eigenvalue weighted by Gasteiger charge is 2.26. The number of carbonyl (C=O) groups is 1. The van der Waals surface area contributed by atoms with Crippen molar-refractivity contribution in [2.45, 2.75) is 18.8 Å². The van der Waals surface area contributed by atoms with Gasteiger partial charge in [-0.15, -0.1) is 24.0 Å². The predicted octanol–water partition coefficient (Wildman–Crippen LogP) is 3.63. The zero-order chi connectivity index (χ0) is 23.1. The fraction of sp³-hybridized carbons (Fsp3) is 0.440. The highest BCUT2D eigenvalue weighted by atomic mass is 127. The third-order valence-electron chi connectivity index (χ3n) is 5.82. The number of ether oxygens (including phenoxy) is 2. The Morgan fingerprint density at radius 2 is 1.85 bits per heavy atom. The first-order chi connectivity index (χ1) is 15.4. The summed E-state index contributed by atoms with van der Waals surface area (Å²) in [6, 6.07) is 13.9. The Hall–Kier alpha value is -2.49.